The molecule has 1 aliphatic heterocycles. The number of benzene rings is 1. The molecule has 3 rings (SSSR count). The van der Waals surface area contributed by atoms with Gasteiger partial charge in [-0.15, -0.1) is 0 Å². The molecule has 0 spiro atoms. The predicted molar refractivity (Wildman–Crippen MR) is 97.5 cm³/mol. The van der Waals surface area contributed by atoms with E-state index in [1.165, 1.54) is 16.7 Å². The van der Waals surface area contributed by atoms with Crippen molar-refractivity contribution in [3.8, 4) is 0 Å². The molecule has 5 heteroatoms. The fourth-order valence-corrected chi connectivity index (χ4v) is 3.27. The van der Waals surface area contributed by atoms with Gasteiger partial charge in [0.25, 0.3) is 5.91 Å². The summed E-state index contributed by atoms with van der Waals surface area (Å²) in [6.07, 6.45) is 1.76. The number of hydrogen-bond acceptors (Lipinski definition) is 4. The zero-order valence-electron chi connectivity index (χ0n) is 15.2. The summed E-state index contributed by atoms with van der Waals surface area (Å²) in [5, 5.41) is 10.4. The van der Waals surface area contributed by atoms with Crippen LogP contribution in [0.3, 0.4) is 0 Å². The third-order valence-electron chi connectivity index (χ3n) is 4.75. The van der Waals surface area contributed by atoms with Crippen LogP contribution in [-0.2, 0) is 16.1 Å². The van der Waals surface area contributed by atoms with Crippen molar-refractivity contribution in [2.24, 2.45) is 0 Å². The molecule has 0 saturated heterocycles. The Labute approximate surface area is 152 Å². The zero-order chi connectivity index (χ0) is 18.8. The van der Waals surface area contributed by atoms with E-state index in [-0.39, 0.29) is 24.3 Å². The number of nitrogens with zero attached hydrogens (tertiary/aromatic N) is 1. The van der Waals surface area contributed by atoms with Gasteiger partial charge in [0.2, 0.25) is 0 Å². The first-order valence-electron chi connectivity index (χ1n) is 8.83. The number of ketones is 1. The Morgan fingerprint density at radius 1 is 1.23 bits per heavy atom. The van der Waals surface area contributed by atoms with Crippen LogP contribution in [0.4, 0.5) is 0 Å². The molecule has 0 radical (unpaired) electrons. The van der Waals surface area contributed by atoms with E-state index < -0.39 is 17.7 Å². The van der Waals surface area contributed by atoms with E-state index in [0.29, 0.717) is 11.7 Å². The third kappa shape index (κ3) is 3.17. The normalized spacial score (nSPS) is 17.5. The minimum absolute atomic E-state index is 0.168. The van der Waals surface area contributed by atoms with Crippen LogP contribution in [-0.4, -0.2) is 21.7 Å². The van der Waals surface area contributed by atoms with E-state index in [9.17, 15) is 14.7 Å². The van der Waals surface area contributed by atoms with Crippen LogP contribution in [0, 0.1) is 0 Å². The fraction of sp³-hybridized carbons (Fsp3) is 0.333. The highest BCUT2D eigenvalue weighted by molar-refractivity contribution is 6.08. The molecule has 2 heterocycles. The van der Waals surface area contributed by atoms with Gasteiger partial charge in [-0.3, -0.25) is 9.59 Å². The Hall–Kier alpha value is -2.82. The van der Waals surface area contributed by atoms with Crippen molar-refractivity contribution < 1.29 is 19.1 Å². The van der Waals surface area contributed by atoms with E-state index in [4.69, 9.17) is 4.42 Å². The van der Waals surface area contributed by atoms with Gasteiger partial charge in [-0.05, 0) is 29.2 Å². The number of carbonyl (C=O) groups is 2. The standard InChI is InChI=1S/C21H23NO4/c1-4-17(23)18-19(15-9-7-14(8-10-15)13(2)3)22(21(25)20(18)24)12-16-6-5-11-26-16/h5-11,13,19,24H,4,12H2,1-3H3. The van der Waals surface area contributed by atoms with Gasteiger partial charge >= 0.3 is 0 Å². The molecule has 26 heavy (non-hydrogen) atoms. The van der Waals surface area contributed by atoms with Crippen LogP contribution >= 0.6 is 0 Å². The first-order chi connectivity index (χ1) is 12.4. The van der Waals surface area contributed by atoms with Gasteiger partial charge in [0.15, 0.2) is 11.5 Å². The van der Waals surface area contributed by atoms with E-state index in [1.54, 1.807) is 19.1 Å². The second-order valence-electron chi connectivity index (χ2n) is 6.78. The average molecular weight is 353 g/mol. The molecule has 5 nitrogen and oxygen atoms in total. The molecule has 1 amide bonds. The summed E-state index contributed by atoms with van der Waals surface area (Å²) in [7, 11) is 0. The Balaban J connectivity index is 2.03. The lowest BCUT2D eigenvalue weighted by Gasteiger charge is -2.26. The monoisotopic (exact) mass is 353 g/mol. The van der Waals surface area contributed by atoms with Gasteiger partial charge in [0.05, 0.1) is 24.4 Å². The second kappa shape index (κ2) is 7.20. The Kier molecular flexibility index (Phi) is 4.98. The molecular formula is C21H23NO4. The smallest absolute Gasteiger partial charge is 0.290 e. The van der Waals surface area contributed by atoms with Crippen molar-refractivity contribution in [3.05, 3.63) is 70.9 Å². The highest BCUT2D eigenvalue weighted by atomic mass is 16.3. The van der Waals surface area contributed by atoms with Crippen LogP contribution in [0.25, 0.3) is 0 Å². The molecule has 1 N–H and O–H groups in total. The predicted octanol–water partition coefficient (Wildman–Crippen LogP) is 4.28. The SMILES string of the molecule is CCC(=O)C1=C(O)C(=O)N(Cc2ccco2)C1c1ccc(C(C)C)cc1. The summed E-state index contributed by atoms with van der Waals surface area (Å²) >= 11 is 0. The molecule has 2 aromatic rings. The van der Waals surface area contributed by atoms with Crippen molar-refractivity contribution >= 4 is 11.7 Å². The minimum Gasteiger partial charge on any atom is -0.503 e. The topological polar surface area (TPSA) is 70.8 Å². The summed E-state index contributed by atoms with van der Waals surface area (Å²) in [6.45, 7) is 6.12. The fourth-order valence-electron chi connectivity index (χ4n) is 3.27. The maximum atomic E-state index is 12.6. The second-order valence-corrected chi connectivity index (χ2v) is 6.78. The lowest BCUT2D eigenvalue weighted by molar-refractivity contribution is -0.130. The van der Waals surface area contributed by atoms with Crippen LogP contribution in [0.2, 0.25) is 0 Å². The van der Waals surface area contributed by atoms with Crippen LogP contribution in [0.15, 0.2) is 58.4 Å². The highest BCUT2D eigenvalue weighted by Gasteiger charge is 2.43. The minimum atomic E-state index is -0.610. The Bertz CT molecular complexity index is 831. The Morgan fingerprint density at radius 3 is 2.46 bits per heavy atom. The molecular weight excluding hydrogens is 330 g/mol. The van der Waals surface area contributed by atoms with Gasteiger partial charge in [-0.1, -0.05) is 45.0 Å². The molecule has 1 aromatic carbocycles. The average Bonchev–Trinajstić information content (AvgIpc) is 3.23. The lowest BCUT2D eigenvalue weighted by atomic mass is 9.93. The van der Waals surface area contributed by atoms with Crippen LogP contribution in [0.5, 0.6) is 0 Å². The molecule has 0 saturated carbocycles. The van der Waals surface area contributed by atoms with Gasteiger partial charge in [-0.2, -0.15) is 0 Å². The largest absolute Gasteiger partial charge is 0.503 e. The number of carbonyl (C=O) groups excluding carboxylic acids is 2. The molecule has 1 aliphatic rings. The van der Waals surface area contributed by atoms with Crippen molar-refractivity contribution in [2.45, 2.75) is 45.7 Å². The third-order valence-corrected chi connectivity index (χ3v) is 4.75. The van der Waals surface area contributed by atoms with Crippen molar-refractivity contribution in [3.63, 3.8) is 0 Å². The number of rotatable bonds is 6. The quantitative estimate of drug-likeness (QED) is 0.841. The van der Waals surface area contributed by atoms with Crippen LogP contribution < -0.4 is 0 Å². The molecule has 0 bridgehead atoms. The maximum absolute atomic E-state index is 12.6. The zero-order valence-corrected chi connectivity index (χ0v) is 15.2. The van der Waals surface area contributed by atoms with Crippen molar-refractivity contribution in [1.29, 1.82) is 0 Å². The maximum Gasteiger partial charge on any atom is 0.290 e. The first kappa shape index (κ1) is 18.0. The highest BCUT2D eigenvalue weighted by Crippen LogP contribution is 2.39. The number of amides is 1. The van der Waals surface area contributed by atoms with Crippen molar-refractivity contribution in [1.82, 2.24) is 4.90 Å². The first-order valence-corrected chi connectivity index (χ1v) is 8.83. The van der Waals surface area contributed by atoms with Gasteiger partial charge in [0, 0.05) is 6.42 Å². The summed E-state index contributed by atoms with van der Waals surface area (Å²) in [5.41, 5.74) is 2.14. The number of aliphatic hydroxyl groups excluding tert-OH is 1. The Morgan fingerprint density at radius 2 is 1.92 bits per heavy atom. The molecule has 1 aromatic heterocycles. The molecule has 136 valence electrons. The number of hydrogen-bond donors (Lipinski definition) is 1. The van der Waals surface area contributed by atoms with E-state index in [1.807, 2.05) is 24.3 Å². The van der Waals surface area contributed by atoms with E-state index in [0.717, 1.165) is 5.56 Å². The van der Waals surface area contributed by atoms with Crippen molar-refractivity contribution in [2.75, 3.05) is 0 Å². The molecule has 0 aliphatic carbocycles. The summed E-state index contributed by atoms with van der Waals surface area (Å²) in [5.74, 6) is -0.248. The lowest BCUT2D eigenvalue weighted by Crippen LogP contribution is -2.30. The summed E-state index contributed by atoms with van der Waals surface area (Å²) in [4.78, 5) is 26.6. The van der Waals surface area contributed by atoms with Crippen LogP contribution in [0.1, 0.15) is 56.0 Å². The molecule has 1 atom stereocenters. The number of Topliss-reactive ketones (excluding diaryl/α,β-unsaturated/α-hetero) is 1. The van der Waals surface area contributed by atoms with E-state index >= 15 is 0 Å². The van der Waals surface area contributed by atoms with Gasteiger partial charge < -0.3 is 14.4 Å². The van der Waals surface area contributed by atoms with E-state index in [2.05, 4.69) is 13.8 Å². The molecule has 1 unspecified atom stereocenters. The number of aliphatic hydroxyl groups is 1. The van der Waals surface area contributed by atoms with Gasteiger partial charge in [0.1, 0.15) is 5.76 Å². The number of furan rings is 1. The van der Waals surface area contributed by atoms with Gasteiger partial charge in [-0.25, -0.2) is 0 Å². The summed E-state index contributed by atoms with van der Waals surface area (Å²) in [6, 6.07) is 10.7. The molecule has 0 fully saturated rings. The summed E-state index contributed by atoms with van der Waals surface area (Å²) < 4.78 is 5.36.